The maximum absolute atomic E-state index is 13.2. The van der Waals surface area contributed by atoms with Crippen molar-refractivity contribution in [2.75, 3.05) is 13.2 Å². The van der Waals surface area contributed by atoms with Crippen LogP contribution in [0.25, 0.3) is 0 Å². The van der Waals surface area contributed by atoms with Gasteiger partial charge in [-0.2, -0.15) is 0 Å². The minimum Gasteiger partial charge on any atom is -0.482 e. The van der Waals surface area contributed by atoms with Gasteiger partial charge in [0.25, 0.3) is 5.91 Å². The predicted octanol–water partition coefficient (Wildman–Crippen LogP) is 5.75. The zero-order valence-corrected chi connectivity index (χ0v) is 19.9. The molecule has 0 fully saturated rings. The van der Waals surface area contributed by atoms with Crippen molar-refractivity contribution in [3.05, 3.63) is 63.1 Å². The van der Waals surface area contributed by atoms with Gasteiger partial charge in [-0.05, 0) is 42.7 Å². The average molecular weight is 486 g/mol. The highest BCUT2D eigenvalue weighted by Gasteiger charge is 2.29. The van der Waals surface area contributed by atoms with Gasteiger partial charge in [0.15, 0.2) is 6.61 Å². The van der Waals surface area contributed by atoms with E-state index in [2.05, 4.69) is 5.32 Å². The summed E-state index contributed by atoms with van der Waals surface area (Å²) >= 11 is 18.4. The Hall–Kier alpha value is -1.95. The molecule has 0 radical (unpaired) electrons. The SMILES string of the molecule is CCCCNC(=O)C(CC)N(Cc1ccc(Cl)cc1Cl)C(=O)COc1ccccc1Cl. The Kier molecular flexibility index (Phi) is 10.4. The summed E-state index contributed by atoms with van der Waals surface area (Å²) in [4.78, 5) is 27.5. The molecular weight excluding hydrogens is 459 g/mol. The van der Waals surface area contributed by atoms with Crippen LogP contribution in [0.1, 0.15) is 38.7 Å². The second-order valence-electron chi connectivity index (χ2n) is 7.05. The fourth-order valence-electron chi connectivity index (χ4n) is 3.04. The fourth-order valence-corrected chi connectivity index (χ4v) is 3.70. The second kappa shape index (κ2) is 12.8. The highest BCUT2D eigenvalue weighted by molar-refractivity contribution is 6.35. The van der Waals surface area contributed by atoms with Crippen molar-refractivity contribution in [3.63, 3.8) is 0 Å². The lowest BCUT2D eigenvalue weighted by Crippen LogP contribution is -2.50. The van der Waals surface area contributed by atoms with Crippen LogP contribution in [-0.2, 0) is 16.1 Å². The van der Waals surface area contributed by atoms with Gasteiger partial charge in [-0.15, -0.1) is 0 Å². The molecule has 2 aromatic rings. The third kappa shape index (κ3) is 7.60. The largest absolute Gasteiger partial charge is 0.482 e. The molecule has 1 unspecified atom stereocenters. The number of rotatable bonds is 11. The van der Waals surface area contributed by atoms with Gasteiger partial charge in [0, 0.05) is 23.1 Å². The van der Waals surface area contributed by atoms with E-state index in [-0.39, 0.29) is 25.0 Å². The van der Waals surface area contributed by atoms with E-state index in [1.54, 1.807) is 42.5 Å². The number of hydrogen-bond acceptors (Lipinski definition) is 3. The molecule has 1 N–H and O–H groups in total. The molecule has 2 aromatic carbocycles. The van der Waals surface area contributed by atoms with E-state index in [0.29, 0.717) is 39.3 Å². The molecule has 2 amide bonds. The number of benzene rings is 2. The molecule has 0 aliphatic heterocycles. The Balaban J connectivity index is 2.23. The Morgan fingerprint density at radius 3 is 2.45 bits per heavy atom. The first-order chi connectivity index (χ1) is 14.9. The van der Waals surface area contributed by atoms with Crippen molar-refractivity contribution in [2.24, 2.45) is 0 Å². The van der Waals surface area contributed by atoms with Gasteiger partial charge in [0.1, 0.15) is 11.8 Å². The third-order valence-electron chi connectivity index (χ3n) is 4.76. The van der Waals surface area contributed by atoms with Crippen molar-refractivity contribution in [2.45, 2.75) is 45.7 Å². The van der Waals surface area contributed by atoms with Gasteiger partial charge in [-0.1, -0.05) is 73.3 Å². The number of nitrogens with zero attached hydrogens (tertiary/aromatic N) is 1. The van der Waals surface area contributed by atoms with Crippen LogP contribution in [0, 0.1) is 0 Å². The number of para-hydroxylation sites is 1. The number of halogens is 3. The van der Waals surface area contributed by atoms with E-state index in [9.17, 15) is 9.59 Å². The smallest absolute Gasteiger partial charge is 0.261 e. The van der Waals surface area contributed by atoms with Crippen LogP contribution in [0.2, 0.25) is 15.1 Å². The van der Waals surface area contributed by atoms with Crippen LogP contribution in [0.5, 0.6) is 5.75 Å². The van der Waals surface area contributed by atoms with E-state index in [1.807, 2.05) is 13.8 Å². The number of hydrogen-bond donors (Lipinski definition) is 1. The van der Waals surface area contributed by atoms with Gasteiger partial charge in [-0.3, -0.25) is 9.59 Å². The summed E-state index contributed by atoms with van der Waals surface area (Å²) in [6.07, 6.45) is 2.28. The standard InChI is InChI=1S/C23H27Cl3N2O3/c1-3-5-12-27-23(30)20(4-2)28(14-16-10-11-17(24)13-19(16)26)22(29)15-31-21-9-7-6-8-18(21)25/h6-11,13,20H,3-5,12,14-15H2,1-2H3,(H,27,30). The summed E-state index contributed by atoms with van der Waals surface area (Å²) in [5, 5.41) is 4.25. The van der Waals surface area contributed by atoms with E-state index in [1.165, 1.54) is 4.90 Å². The second-order valence-corrected chi connectivity index (χ2v) is 8.30. The quantitative estimate of drug-likeness (QED) is 0.412. The zero-order chi connectivity index (χ0) is 22.8. The predicted molar refractivity (Wildman–Crippen MR) is 126 cm³/mol. The van der Waals surface area contributed by atoms with E-state index >= 15 is 0 Å². The van der Waals surface area contributed by atoms with Crippen LogP contribution >= 0.6 is 34.8 Å². The molecule has 1 atom stereocenters. The Morgan fingerprint density at radius 1 is 1.06 bits per heavy atom. The number of carbonyl (C=O) groups excluding carboxylic acids is 2. The summed E-state index contributed by atoms with van der Waals surface area (Å²) in [6, 6.07) is 11.3. The summed E-state index contributed by atoms with van der Waals surface area (Å²) in [6.45, 7) is 4.37. The monoisotopic (exact) mass is 484 g/mol. The van der Waals surface area contributed by atoms with Gasteiger partial charge < -0.3 is 15.0 Å². The van der Waals surface area contributed by atoms with Gasteiger partial charge >= 0.3 is 0 Å². The topological polar surface area (TPSA) is 58.6 Å². The highest BCUT2D eigenvalue weighted by Crippen LogP contribution is 2.25. The molecule has 0 bridgehead atoms. The molecule has 31 heavy (non-hydrogen) atoms. The third-order valence-corrected chi connectivity index (χ3v) is 5.66. The maximum atomic E-state index is 13.2. The number of ether oxygens (including phenoxy) is 1. The number of unbranched alkanes of at least 4 members (excludes halogenated alkanes) is 1. The highest BCUT2D eigenvalue weighted by atomic mass is 35.5. The lowest BCUT2D eigenvalue weighted by molar-refractivity contribution is -0.143. The lowest BCUT2D eigenvalue weighted by atomic mass is 10.1. The van der Waals surface area contributed by atoms with E-state index < -0.39 is 6.04 Å². The first kappa shape index (κ1) is 25.3. The molecule has 0 aliphatic rings. The molecule has 0 heterocycles. The van der Waals surface area contributed by atoms with Crippen molar-refractivity contribution < 1.29 is 14.3 Å². The summed E-state index contributed by atoms with van der Waals surface area (Å²) in [7, 11) is 0. The van der Waals surface area contributed by atoms with Gasteiger partial charge in [0.2, 0.25) is 5.91 Å². The van der Waals surface area contributed by atoms with E-state index in [4.69, 9.17) is 39.5 Å². The molecule has 0 aromatic heterocycles. The number of carbonyl (C=O) groups is 2. The number of nitrogens with one attached hydrogen (secondary N) is 1. The van der Waals surface area contributed by atoms with Crippen molar-refractivity contribution in [1.82, 2.24) is 10.2 Å². The summed E-state index contributed by atoms with van der Waals surface area (Å²) in [5.74, 6) is -0.141. The molecule has 168 valence electrons. The average Bonchev–Trinajstić information content (AvgIpc) is 2.74. The molecule has 2 rings (SSSR count). The van der Waals surface area contributed by atoms with Gasteiger partial charge in [-0.25, -0.2) is 0 Å². The molecule has 0 saturated carbocycles. The first-order valence-corrected chi connectivity index (χ1v) is 11.4. The van der Waals surface area contributed by atoms with Crippen molar-refractivity contribution in [3.8, 4) is 5.75 Å². The van der Waals surface area contributed by atoms with Crippen molar-refractivity contribution >= 4 is 46.6 Å². The minimum absolute atomic E-state index is 0.153. The lowest BCUT2D eigenvalue weighted by Gasteiger charge is -2.31. The summed E-state index contributed by atoms with van der Waals surface area (Å²) in [5.41, 5.74) is 0.692. The maximum Gasteiger partial charge on any atom is 0.261 e. The Labute approximate surface area is 198 Å². The summed E-state index contributed by atoms with van der Waals surface area (Å²) < 4.78 is 5.63. The van der Waals surface area contributed by atoms with Crippen LogP contribution in [0.3, 0.4) is 0 Å². The molecule has 0 saturated heterocycles. The van der Waals surface area contributed by atoms with Crippen LogP contribution in [-0.4, -0.2) is 35.9 Å². The normalized spacial score (nSPS) is 11.6. The van der Waals surface area contributed by atoms with Gasteiger partial charge in [0.05, 0.1) is 5.02 Å². The minimum atomic E-state index is -0.661. The zero-order valence-electron chi connectivity index (χ0n) is 17.7. The first-order valence-electron chi connectivity index (χ1n) is 10.3. The van der Waals surface area contributed by atoms with Crippen LogP contribution in [0.4, 0.5) is 0 Å². The molecule has 0 spiro atoms. The van der Waals surface area contributed by atoms with Crippen LogP contribution in [0.15, 0.2) is 42.5 Å². The Morgan fingerprint density at radius 2 is 1.81 bits per heavy atom. The molecule has 0 aliphatic carbocycles. The molecule has 8 heteroatoms. The molecule has 5 nitrogen and oxygen atoms in total. The van der Waals surface area contributed by atoms with Crippen LogP contribution < -0.4 is 10.1 Å². The Bertz CT molecular complexity index is 892. The number of amides is 2. The van der Waals surface area contributed by atoms with E-state index in [0.717, 1.165) is 12.8 Å². The fraction of sp³-hybridized carbons (Fsp3) is 0.391. The van der Waals surface area contributed by atoms with Crippen molar-refractivity contribution in [1.29, 1.82) is 0 Å². The molecular formula is C23H27Cl3N2O3.